The number of hydrogen-bond acceptors (Lipinski definition) is 4. The average Bonchev–Trinajstić information content (AvgIpc) is 2.61. The summed E-state index contributed by atoms with van der Waals surface area (Å²) in [5, 5.41) is 11.8. The molecule has 1 aliphatic rings. The van der Waals surface area contributed by atoms with Gasteiger partial charge >= 0.3 is 5.97 Å². The van der Waals surface area contributed by atoms with Crippen LogP contribution < -0.4 is 14.8 Å². The third kappa shape index (κ3) is 3.91. The molecule has 1 aliphatic heterocycles. The first-order valence-corrected chi connectivity index (χ1v) is 8.07. The second-order valence-corrected chi connectivity index (χ2v) is 5.85. The van der Waals surface area contributed by atoms with Gasteiger partial charge < -0.3 is 19.9 Å². The summed E-state index contributed by atoms with van der Waals surface area (Å²) in [4.78, 5) is 23.4. The van der Waals surface area contributed by atoms with E-state index in [1.807, 2.05) is 18.2 Å². The van der Waals surface area contributed by atoms with Crippen LogP contribution in [0.25, 0.3) is 0 Å². The van der Waals surface area contributed by atoms with Crippen molar-refractivity contribution in [1.29, 1.82) is 0 Å². The Labute approximate surface area is 145 Å². The number of carbonyl (C=O) groups is 2. The number of para-hydroxylation sites is 2. The van der Waals surface area contributed by atoms with E-state index in [0.29, 0.717) is 24.5 Å². The van der Waals surface area contributed by atoms with E-state index in [1.54, 1.807) is 31.2 Å². The van der Waals surface area contributed by atoms with Crippen LogP contribution >= 0.6 is 0 Å². The van der Waals surface area contributed by atoms with Gasteiger partial charge in [-0.1, -0.05) is 24.3 Å². The van der Waals surface area contributed by atoms with Crippen LogP contribution in [0.2, 0.25) is 0 Å². The second kappa shape index (κ2) is 7.25. The predicted octanol–water partition coefficient (Wildman–Crippen LogP) is 2.27. The van der Waals surface area contributed by atoms with Crippen molar-refractivity contribution in [3.05, 3.63) is 59.7 Å². The number of carboxylic acid groups (broad SMARTS) is 1. The number of rotatable bonds is 5. The maximum Gasteiger partial charge on any atom is 0.335 e. The summed E-state index contributed by atoms with van der Waals surface area (Å²) in [7, 11) is 0. The molecule has 2 N–H and O–H groups in total. The highest BCUT2D eigenvalue weighted by atomic mass is 16.6. The van der Waals surface area contributed by atoms with Gasteiger partial charge in [0.15, 0.2) is 11.5 Å². The largest absolute Gasteiger partial charge is 0.482 e. The summed E-state index contributed by atoms with van der Waals surface area (Å²) in [6.45, 7) is 2.17. The van der Waals surface area contributed by atoms with Crippen LogP contribution in [-0.4, -0.2) is 35.7 Å². The van der Waals surface area contributed by atoms with E-state index in [-0.39, 0.29) is 11.5 Å². The molecule has 2 aromatic carbocycles. The van der Waals surface area contributed by atoms with Crippen molar-refractivity contribution >= 4 is 11.9 Å². The molecule has 0 fully saturated rings. The Balaban J connectivity index is 1.56. The quantitative estimate of drug-likeness (QED) is 0.871. The van der Waals surface area contributed by atoms with Crippen LogP contribution in [0.15, 0.2) is 48.5 Å². The molecule has 0 spiro atoms. The van der Waals surface area contributed by atoms with E-state index in [2.05, 4.69) is 5.32 Å². The van der Waals surface area contributed by atoms with Crippen molar-refractivity contribution in [2.24, 2.45) is 0 Å². The smallest absolute Gasteiger partial charge is 0.335 e. The van der Waals surface area contributed by atoms with E-state index in [0.717, 1.165) is 5.56 Å². The highest BCUT2D eigenvalue weighted by Crippen LogP contribution is 2.33. The number of carboxylic acids is 1. The van der Waals surface area contributed by atoms with Crippen molar-refractivity contribution in [1.82, 2.24) is 5.32 Å². The molecular weight excluding hydrogens is 322 g/mol. The summed E-state index contributed by atoms with van der Waals surface area (Å²) >= 11 is 0. The van der Waals surface area contributed by atoms with Crippen LogP contribution in [0.4, 0.5) is 0 Å². The van der Waals surface area contributed by atoms with E-state index in [4.69, 9.17) is 14.6 Å². The van der Waals surface area contributed by atoms with Gasteiger partial charge in [0.25, 0.3) is 5.91 Å². The van der Waals surface area contributed by atoms with Gasteiger partial charge in [0.2, 0.25) is 6.10 Å². The van der Waals surface area contributed by atoms with Crippen LogP contribution in [0, 0.1) is 0 Å². The van der Waals surface area contributed by atoms with Gasteiger partial charge in [0, 0.05) is 6.54 Å². The Hall–Kier alpha value is -3.02. The molecule has 25 heavy (non-hydrogen) atoms. The zero-order valence-electron chi connectivity index (χ0n) is 13.8. The standard InChI is InChI=1S/C19H19NO5/c1-12-17(25-16-8-3-2-7-15(16)24-12)18(21)20-10-9-13-5-4-6-14(11-13)19(22)23/h2-8,11-12,17H,9-10H2,1H3,(H,20,21)(H,22,23)/t12-,17-/m1/s1. The number of amides is 1. The highest BCUT2D eigenvalue weighted by molar-refractivity contribution is 5.87. The number of hydrogen-bond donors (Lipinski definition) is 2. The topological polar surface area (TPSA) is 84.9 Å². The number of aromatic carboxylic acids is 1. The lowest BCUT2D eigenvalue weighted by molar-refractivity contribution is -0.133. The average molecular weight is 341 g/mol. The van der Waals surface area contributed by atoms with E-state index >= 15 is 0 Å². The zero-order chi connectivity index (χ0) is 17.8. The molecular formula is C19H19NO5. The van der Waals surface area contributed by atoms with Gasteiger partial charge in [-0.15, -0.1) is 0 Å². The summed E-state index contributed by atoms with van der Waals surface area (Å²) in [5.74, 6) is -0.0398. The Morgan fingerprint density at radius 3 is 2.52 bits per heavy atom. The first-order valence-electron chi connectivity index (χ1n) is 8.07. The summed E-state index contributed by atoms with van der Waals surface area (Å²) in [5.41, 5.74) is 1.08. The lowest BCUT2D eigenvalue weighted by atomic mass is 10.1. The zero-order valence-corrected chi connectivity index (χ0v) is 13.8. The molecule has 0 aromatic heterocycles. The molecule has 1 amide bonds. The fourth-order valence-corrected chi connectivity index (χ4v) is 2.70. The molecule has 6 nitrogen and oxygen atoms in total. The maximum absolute atomic E-state index is 12.4. The molecule has 0 radical (unpaired) electrons. The van der Waals surface area contributed by atoms with Gasteiger partial charge in [-0.2, -0.15) is 0 Å². The van der Waals surface area contributed by atoms with Crippen LogP contribution in [0.5, 0.6) is 11.5 Å². The normalized spacial score (nSPS) is 18.4. The monoisotopic (exact) mass is 341 g/mol. The summed E-state index contributed by atoms with van der Waals surface area (Å²) in [6.07, 6.45) is -0.587. The third-order valence-electron chi connectivity index (χ3n) is 3.99. The first kappa shape index (κ1) is 16.8. The molecule has 2 aromatic rings. The number of benzene rings is 2. The molecule has 1 heterocycles. The summed E-state index contributed by atoms with van der Waals surface area (Å²) in [6, 6.07) is 13.9. The molecule has 6 heteroatoms. The second-order valence-electron chi connectivity index (χ2n) is 5.85. The van der Waals surface area contributed by atoms with E-state index < -0.39 is 18.2 Å². The van der Waals surface area contributed by atoms with E-state index in [9.17, 15) is 9.59 Å². The minimum absolute atomic E-state index is 0.234. The lowest BCUT2D eigenvalue weighted by Crippen LogP contribution is -2.49. The number of nitrogens with one attached hydrogen (secondary N) is 1. The Kier molecular flexibility index (Phi) is 4.88. The van der Waals surface area contributed by atoms with Crippen molar-refractivity contribution < 1.29 is 24.2 Å². The fourth-order valence-electron chi connectivity index (χ4n) is 2.70. The Morgan fingerprint density at radius 2 is 1.80 bits per heavy atom. The van der Waals surface area contributed by atoms with Gasteiger partial charge in [0.1, 0.15) is 6.10 Å². The van der Waals surface area contributed by atoms with Crippen molar-refractivity contribution in [2.75, 3.05) is 6.54 Å². The van der Waals surface area contributed by atoms with Crippen molar-refractivity contribution in [2.45, 2.75) is 25.6 Å². The fraction of sp³-hybridized carbons (Fsp3) is 0.263. The minimum atomic E-state index is -0.967. The Morgan fingerprint density at radius 1 is 1.08 bits per heavy atom. The van der Waals surface area contributed by atoms with E-state index in [1.165, 1.54) is 6.07 Å². The maximum atomic E-state index is 12.4. The van der Waals surface area contributed by atoms with Gasteiger partial charge in [-0.3, -0.25) is 4.79 Å². The van der Waals surface area contributed by atoms with Crippen molar-refractivity contribution in [3.8, 4) is 11.5 Å². The van der Waals surface area contributed by atoms with Gasteiger partial charge in [-0.25, -0.2) is 4.79 Å². The molecule has 0 saturated carbocycles. The highest BCUT2D eigenvalue weighted by Gasteiger charge is 2.33. The van der Waals surface area contributed by atoms with Gasteiger partial charge in [0.05, 0.1) is 5.56 Å². The number of carbonyl (C=O) groups excluding carboxylic acids is 1. The molecule has 0 aliphatic carbocycles. The minimum Gasteiger partial charge on any atom is -0.482 e. The molecule has 130 valence electrons. The van der Waals surface area contributed by atoms with Crippen molar-refractivity contribution in [3.63, 3.8) is 0 Å². The van der Waals surface area contributed by atoms with Gasteiger partial charge in [-0.05, 0) is 43.2 Å². The van der Waals surface area contributed by atoms with Crippen LogP contribution in [-0.2, 0) is 11.2 Å². The molecule has 2 atom stereocenters. The molecule has 0 bridgehead atoms. The number of ether oxygens (including phenoxy) is 2. The SMILES string of the molecule is C[C@H]1Oc2ccccc2O[C@H]1C(=O)NCCc1cccc(C(=O)O)c1. The van der Waals surface area contributed by atoms with Crippen LogP contribution in [0.1, 0.15) is 22.8 Å². The molecule has 0 unspecified atom stereocenters. The molecule has 3 rings (SSSR count). The first-order chi connectivity index (χ1) is 12.0. The lowest BCUT2D eigenvalue weighted by Gasteiger charge is -2.31. The summed E-state index contributed by atoms with van der Waals surface area (Å²) < 4.78 is 11.5. The predicted molar refractivity (Wildman–Crippen MR) is 91.1 cm³/mol. The van der Waals surface area contributed by atoms with Crippen LogP contribution in [0.3, 0.4) is 0 Å². The third-order valence-corrected chi connectivity index (χ3v) is 3.99. The Bertz CT molecular complexity index is 789. The number of fused-ring (bicyclic) bond motifs is 1. The molecule has 0 saturated heterocycles.